The maximum absolute atomic E-state index is 13.2. The van der Waals surface area contributed by atoms with E-state index < -0.39 is 5.82 Å². The third kappa shape index (κ3) is 4.14. The summed E-state index contributed by atoms with van der Waals surface area (Å²) in [6.07, 6.45) is 0. The molecule has 1 N–H and O–H groups in total. The molecule has 0 spiro atoms. The van der Waals surface area contributed by atoms with Crippen LogP contribution >= 0.6 is 11.6 Å². The van der Waals surface area contributed by atoms with Gasteiger partial charge in [-0.3, -0.25) is 4.79 Å². The average Bonchev–Trinajstić information content (AvgIpc) is 2.74. The zero-order valence-corrected chi connectivity index (χ0v) is 16.9. The maximum Gasteiger partial charge on any atom is 0.259 e. The Morgan fingerprint density at radius 2 is 1.87 bits per heavy atom. The first-order valence-corrected chi connectivity index (χ1v) is 9.76. The Morgan fingerprint density at radius 1 is 1.03 bits per heavy atom. The fourth-order valence-electron chi connectivity index (χ4n) is 3.06. The lowest BCUT2D eigenvalue weighted by molar-refractivity contribution is 0.269. The highest BCUT2D eigenvalue weighted by Gasteiger charge is 2.12. The predicted molar refractivity (Wildman–Crippen MR) is 115 cm³/mol. The van der Waals surface area contributed by atoms with Crippen molar-refractivity contribution in [2.45, 2.75) is 13.5 Å². The monoisotopic (exact) mass is 424 g/mol. The molecule has 4 rings (SSSR count). The molecule has 152 valence electrons. The van der Waals surface area contributed by atoms with E-state index in [1.807, 2.05) is 13.0 Å². The number of hydrogen-bond donors (Lipinski definition) is 1. The number of aromatic amines is 1. The summed E-state index contributed by atoms with van der Waals surface area (Å²) in [5.41, 5.74) is 1.75. The Bertz CT molecular complexity index is 1270. The van der Waals surface area contributed by atoms with Gasteiger partial charge in [0.1, 0.15) is 18.2 Å². The van der Waals surface area contributed by atoms with Crippen molar-refractivity contribution in [3.05, 3.63) is 87.4 Å². The topological polar surface area (TPSA) is 64.2 Å². The van der Waals surface area contributed by atoms with Gasteiger partial charge in [-0.05, 0) is 49.4 Å². The number of halogens is 2. The first-order chi connectivity index (χ1) is 14.5. The number of nitrogens with zero attached hydrogens (tertiary/aromatic N) is 1. The molecule has 1 heterocycles. The number of H-pyrrole nitrogens is 1. The Kier molecular flexibility index (Phi) is 5.68. The molecule has 0 radical (unpaired) electrons. The van der Waals surface area contributed by atoms with Crippen LogP contribution in [-0.4, -0.2) is 16.6 Å². The predicted octanol–water partition coefficient (Wildman–Crippen LogP) is 5.36. The Labute approximate surface area is 177 Å². The third-order valence-corrected chi connectivity index (χ3v) is 4.88. The van der Waals surface area contributed by atoms with E-state index in [0.29, 0.717) is 51.0 Å². The standard InChI is InChI=1S/C23H18ClFN2O3/c1-2-29-21-11-14(22-26-19-6-4-3-5-17(19)23(28)27-22)8-10-20(21)30-13-15-7-9-16(25)12-18(15)24/h3-12H,2,13H2,1H3,(H,26,27,28). The van der Waals surface area contributed by atoms with Crippen molar-refractivity contribution in [2.24, 2.45) is 0 Å². The van der Waals surface area contributed by atoms with Gasteiger partial charge in [0.15, 0.2) is 11.5 Å². The molecule has 0 bridgehead atoms. The molecule has 4 aromatic rings. The summed E-state index contributed by atoms with van der Waals surface area (Å²) in [5, 5.41) is 0.824. The molecular formula is C23H18ClFN2O3. The molecule has 0 aliphatic carbocycles. The summed E-state index contributed by atoms with van der Waals surface area (Å²) in [7, 11) is 0. The zero-order chi connectivity index (χ0) is 21.1. The van der Waals surface area contributed by atoms with E-state index in [2.05, 4.69) is 9.97 Å². The van der Waals surface area contributed by atoms with E-state index in [1.165, 1.54) is 12.1 Å². The Morgan fingerprint density at radius 3 is 2.67 bits per heavy atom. The van der Waals surface area contributed by atoms with E-state index in [1.54, 1.807) is 42.5 Å². The SMILES string of the molecule is CCOc1cc(-c2nc3ccccc3c(=O)[nH]2)ccc1OCc1ccc(F)cc1Cl. The molecule has 3 aromatic carbocycles. The summed E-state index contributed by atoms with van der Waals surface area (Å²) in [6, 6.07) is 16.6. The van der Waals surface area contributed by atoms with Crippen LogP contribution in [0.25, 0.3) is 22.3 Å². The van der Waals surface area contributed by atoms with Gasteiger partial charge in [0, 0.05) is 11.1 Å². The molecule has 1 aromatic heterocycles. The third-order valence-electron chi connectivity index (χ3n) is 4.53. The van der Waals surface area contributed by atoms with Gasteiger partial charge >= 0.3 is 0 Å². The minimum atomic E-state index is -0.403. The lowest BCUT2D eigenvalue weighted by Crippen LogP contribution is -2.09. The summed E-state index contributed by atoms with van der Waals surface area (Å²) in [6.45, 7) is 2.45. The fourth-order valence-corrected chi connectivity index (χ4v) is 3.28. The average molecular weight is 425 g/mol. The molecule has 5 nitrogen and oxygen atoms in total. The van der Waals surface area contributed by atoms with E-state index in [4.69, 9.17) is 21.1 Å². The van der Waals surface area contributed by atoms with Crippen LogP contribution < -0.4 is 15.0 Å². The Hall–Kier alpha value is -3.38. The number of rotatable bonds is 6. The molecular weight excluding hydrogens is 407 g/mol. The lowest BCUT2D eigenvalue weighted by Gasteiger charge is -2.14. The first-order valence-electron chi connectivity index (χ1n) is 9.38. The lowest BCUT2D eigenvalue weighted by atomic mass is 10.1. The van der Waals surface area contributed by atoms with Crippen molar-refractivity contribution in [1.82, 2.24) is 9.97 Å². The largest absolute Gasteiger partial charge is 0.490 e. The number of nitrogens with one attached hydrogen (secondary N) is 1. The number of hydrogen-bond acceptors (Lipinski definition) is 4. The number of ether oxygens (including phenoxy) is 2. The van der Waals surface area contributed by atoms with Crippen molar-refractivity contribution in [3.8, 4) is 22.9 Å². The van der Waals surface area contributed by atoms with Gasteiger partial charge in [-0.15, -0.1) is 0 Å². The van der Waals surface area contributed by atoms with Crippen molar-refractivity contribution in [3.63, 3.8) is 0 Å². The van der Waals surface area contributed by atoms with Gasteiger partial charge in [-0.1, -0.05) is 29.8 Å². The van der Waals surface area contributed by atoms with Crippen LogP contribution in [0, 0.1) is 5.82 Å². The normalized spacial score (nSPS) is 10.9. The van der Waals surface area contributed by atoms with Gasteiger partial charge in [-0.2, -0.15) is 0 Å². The van der Waals surface area contributed by atoms with Gasteiger partial charge in [-0.25, -0.2) is 9.37 Å². The van der Waals surface area contributed by atoms with Gasteiger partial charge in [0.25, 0.3) is 5.56 Å². The van der Waals surface area contributed by atoms with Crippen LogP contribution in [-0.2, 0) is 6.61 Å². The summed E-state index contributed by atoms with van der Waals surface area (Å²) in [5.74, 6) is 1.04. The molecule has 0 aliphatic rings. The van der Waals surface area contributed by atoms with Crippen LogP contribution in [0.3, 0.4) is 0 Å². The Balaban J connectivity index is 1.65. The number of aromatic nitrogens is 2. The van der Waals surface area contributed by atoms with Crippen molar-refractivity contribution < 1.29 is 13.9 Å². The highest BCUT2D eigenvalue weighted by molar-refractivity contribution is 6.31. The second kappa shape index (κ2) is 8.55. The minimum absolute atomic E-state index is 0.156. The van der Waals surface area contributed by atoms with Gasteiger partial charge in [0.2, 0.25) is 0 Å². The van der Waals surface area contributed by atoms with Crippen LogP contribution in [0.1, 0.15) is 12.5 Å². The molecule has 30 heavy (non-hydrogen) atoms. The highest BCUT2D eigenvalue weighted by Crippen LogP contribution is 2.33. The van der Waals surface area contributed by atoms with Gasteiger partial charge < -0.3 is 14.5 Å². The quantitative estimate of drug-likeness (QED) is 0.452. The van der Waals surface area contributed by atoms with Crippen molar-refractivity contribution in [1.29, 1.82) is 0 Å². The summed E-state index contributed by atoms with van der Waals surface area (Å²) < 4.78 is 24.8. The van der Waals surface area contributed by atoms with Crippen molar-refractivity contribution in [2.75, 3.05) is 6.61 Å². The summed E-state index contributed by atoms with van der Waals surface area (Å²) in [4.78, 5) is 19.7. The number of fused-ring (bicyclic) bond motifs is 1. The second-order valence-electron chi connectivity index (χ2n) is 6.55. The van der Waals surface area contributed by atoms with E-state index in [-0.39, 0.29) is 12.2 Å². The molecule has 7 heteroatoms. The van der Waals surface area contributed by atoms with E-state index in [0.717, 1.165) is 0 Å². The maximum atomic E-state index is 13.2. The highest BCUT2D eigenvalue weighted by atomic mass is 35.5. The molecule has 0 aliphatic heterocycles. The molecule has 0 fully saturated rings. The molecule has 0 unspecified atom stereocenters. The molecule has 0 atom stereocenters. The first kappa shape index (κ1) is 19.9. The smallest absolute Gasteiger partial charge is 0.259 e. The summed E-state index contributed by atoms with van der Waals surface area (Å²) >= 11 is 6.07. The molecule has 0 saturated heterocycles. The van der Waals surface area contributed by atoms with Crippen LogP contribution in [0.5, 0.6) is 11.5 Å². The number of benzene rings is 3. The second-order valence-corrected chi connectivity index (χ2v) is 6.96. The van der Waals surface area contributed by atoms with Crippen LogP contribution in [0.15, 0.2) is 65.5 Å². The van der Waals surface area contributed by atoms with Gasteiger partial charge in [0.05, 0.1) is 22.5 Å². The van der Waals surface area contributed by atoms with Crippen molar-refractivity contribution >= 4 is 22.5 Å². The molecule has 0 saturated carbocycles. The zero-order valence-electron chi connectivity index (χ0n) is 16.1. The minimum Gasteiger partial charge on any atom is -0.490 e. The van der Waals surface area contributed by atoms with Crippen LogP contribution in [0.2, 0.25) is 5.02 Å². The van der Waals surface area contributed by atoms with Crippen LogP contribution in [0.4, 0.5) is 4.39 Å². The molecule has 0 amide bonds. The van der Waals surface area contributed by atoms with E-state index in [9.17, 15) is 9.18 Å². The van der Waals surface area contributed by atoms with E-state index >= 15 is 0 Å². The fraction of sp³-hybridized carbons (Fsp3) is 0.130. The number of para-hydroxylation sites is 1.